The van der Waals surface area contributed by atoms with E-state index in [4.69, 9.17) is 0 Å². The molecule has 3 heterocycles. The Bertz CT molecular complexity index is 392. The number of anilines is 1. The van der Waals surface area contributed by atoms with Crippen LogP contribution in [0.2, 0.25) is 0 Å². The van der Waals surface area contributed by atoms with Crippen LogP contribution in [0.15, 0.2) is 0 Å². The predicted octanol–water partition coefficient (Wildman–Crippen LogP) is -0.322. The zero-order valence-electron chi connectivity index (χ0n) is 9.45. The van der Waals surface area contributed by atoms with Gasteiger partial charge in [0.15, 0.2) is 6.33 Å². The molecule has 1 radical (unpaired) electrons. The molecule has 1 fully saturated rings. The van der Waals surface area contributed by atoms with E-state index in [2.05, 4.69) is 38.8 Å². The van der Waals surface area contributed by atoms with Crippen LogP contribution in [-0.2, 0) is 13.1 Å². The molecule has 85 valence electrons. The van der Waals surface area contributed by atoms with Crippen molar-refractivity contribution in [3.63, 3.8) is 0 Å². The maximum Gasteiger partial charge on any atom is 0.200 e. The second-order valence-electron chi connectivity index (χ2n) is 4.42. The molecule has 0 amide bonds. The van der Waals surface area contributed by atoms with Crippen LogP contribution in [0.1, 0.15) is 18.2 Å². The van der Waals surface area contributed by atoms with Crippen molar-refractivity contribution in [2.75, 3.05) is 24.5 Å². The molecular formula is C11H16N5. The number of aromatic nitrogens is 2. The van der Waals surface area contributed by atoms with Crippen molar-refractivity contribution in [2.24, 2.45) is 0 Å². The minimum atomic E-state index is 0.488. The molecule has 5 nitrogen and oxygen atoms in total. The zero-order chi connectivity index (χ0) is 11.0. The Hall–Kier alpha value is -1.20. The molecule has 3 rings (SSSR count). The van der Waals surface area contributed by atoms with Crippen LogP contribution >= 0.6 is 0 Å². The zero-order valence-corrected chi connectivity index (χ0v) is 9.45. The first-order valence-corrected chi connectivity index (χ1v) is 5.80. The van der Waals surface area contributed by atoms with Crippen molar-refractivity contribution in [3.8, 4) is 0 Å². The van der Waals surface area contributed by atoms with Gasteiger partial charge in [-0.15, -0.1) is 0 Å². The lowest BCUT2D eigenvalue weighted by atomic mass is 10.1. The molecule has 1 aromatic heterocycles. The van der Waals surface area contributed by atoms with E-state index in [0.29, 0.717) is 6.04 Å². The SMILES string of the molecule is CC1CNCCN1c1n[c]nc2c1CNC2. The van der Waals surface area contributed by atoms with E-state index in [0.717, 1.165) is 44.2 Å². The standard InChI is InChI=1S/C11H16N5/c1-8-4-12-2-3-16(8)11-9-5-13-6-10(9)14-7-15-11/h8,12-13H,2-6H2,1H3. The van der Waals surface area contributed by atoms with Gasteiger partial charge in [0.05, 0.1) is 5.69 Å². The summed E-state index contributed by atoms with van der Waals surface area (Å²) in [6, 6.07) is 0.488. The van der Waals surface area contributed by atoms with Crippen LogP contribution in [0.3, 0.4) is 0 Å². The lowest BCUT2D eigenvalue weighted by Crippen LogP contribution is -2.50. The van der Waals surface area contributed by atoms with Gasteiger partial charge in [0.1, 0.15) is 5.82 Å². The van der Waals surface area contributed by atoms with Gasteiger partial charge >= 0.3 is 0 Å². The van der Waals surface area contributed by atoms with Gasteiger partial charge in [0.2, 0.25) is 0 Å². The monoisotopic (exact) mass is 218 g/mol. The number of nitrogens with zero attached hydrogens (tertiary/aromatic N) is 3. The maximum absolute atomic E-state index is 4.35. The van der Waals surface area contributed by atoms with Crippen molar-refractivity contribution >= 4 is 5.82 Å². The second-order valence-corrected chi connectivity index (χ2v) is 4.42. The summed E-state index contributed by atoms with van der Waals surface area (Å²) in [6.07, 6.45) is 2.78. The summed E-state index contributed by atoms with van der Waals surface area (Å²) in [5.41, 5.74) is 2.36. The molecule has 5 heteroatoms. The van der Waals surface area contributed by atoms with Crippen molar-refractivity contribution < 1.29 is 0 Å². The molecule has 1 atom stereocenters. The van der Waals surface area contributed by atoms with E-state index >= 15 is 0 Å². The van der Waals surface area contributed by atoms with Crippen molar-refractivity contribution in [1.29, 1.82) is 0 Å². The first-order chi connectivity index (χ1) is 7.86. The van der Waals surface area contributed by atoms with Gasteiger partial charge in [0, 0.05) is 44.3 Å². The highest BCUT2D eigenvalue weighted by atomic mass is 15.3. The van der Waals surface area contributed by atoms with Gasteiger partial charge in [-0.3, -0.25) is 0 Å². The largest absolute Gasteiger partial charge is 0.351 e. The fourth-order valence-electron chi connectivity index (χ4n) is 2.42. The Morgan fingerprint density at radius 1 is 1.31 bits per heavy atom. The molecule has 0 aliphatic carbocycles. The fraction of sp³-hybridized carbons (Fsp3) is 0.636. The number of fused-ring (bicyclic) bond motifs is 1. The van der Waals surface area contributed by atoms with Crippen LogP contribution in [0.5, 0.6) is 0 Å². The van der Waals surface area contributed by atoms with Gasteiger partial charge in [0.25, 0.3) is 0 Å². The molecule has 16 heavy (non-hydrogen) atoms. The smallest absolute Gasteiger partial charge is 0.200 e. The predicted molar refractivity (Wildman–Crippen MR) is 61.1 cm³/mol. The Morgan fingerprint density at radius 3 is 3.12 bits per heavy atom. The Kier molecular flexibility index (Phi) is 2.49. The third-order valence-corrected chi connectivity index (χ3v) is 3.33. The quantitative estimate of drug-likeness (QED) is 0.676. The highest BCUT2D eigenvalue weighted by Crippen LogP contribution is 2.25. The fourth-order valence-corrected chi connectivity index (χ4v) is 2.42. The summed E-state index contributed by atoms with van der Waals surface area (Å²) in [4.78, 5) is 10.9. The summed E-state index contributed by atoms with van der Waals surface area (Å²) < 4.78 is 0. The average molecular weight is 218 g/mol. The van der Waals surface area contributed by atoms with E-state index in [9.17, 15) is 0 Å². The van der Waals surface area contributed by atoms with Crippen LogP contribution in [0.4, 0.5) is 5.82 Å². The third-order valence-electron chi connectivity index (χ3n) is 3.33. The molecule has 0 aromatic carbocycles. The van der Waals surface area contributed by atoms with E-state index < -0.39 is 0 Å². The molecular weight excluding hydrogens is 202 g/mol. The number of hydrogen-bond donors (Lipinski definition) is 2. The highest BCUT2D eigenvalue weighted by Gasteiger charge is 2.25. The van der Waals surface area contributed by atoms with Crippen molar-refractivity contribution in [1.82, 2.24) is 20.6 Å². The molecule has 0 spiro atoms. The summed E-state index contributed by atoms with van der Waals surface area (Å²) in [5.74, 6) is 1.07. The van der Waals surface area contributed by atoms with Crippen molar-refractivity contribution in [3.05, 3.63) is 17.6 Å². The van der Waals surface area contributed by atoms with Crippen LogP contribution in [0.25, 0.3) is 0 Å². The van der Waals surface area contributed by atoms with Gasteiger partial charge in [-0.2, -0.15) is 0 Å². The molecule has 2 aliphatic rings. The summed E-state index contributed by atoms with van der Waals surface area (Å²) in [6.45, 7) is 7.02. The molecule has 1 unspecified atom stereocenters. The Morgan fingerprint density at radius 2 is 2.25 bits per heavy atom. The second kappa shape index (κ2) is 3.99. The number of piperazine rings is 1. The number of rotatable bonds is 1. The van der Waals surface area contributed by atoms with Crippen molar-refractivity contribution in [2.45, 2.75) is 26.1 Å². The molecule has 1 saturated heterocycles. The molecule has 2 aliphatic heterocycles. The number of hydrogen-bond acceptors (Lipinski definition) is 5. The first-order valence-electron chi connectivity index (χ1n) is 5.80. The Balaban J connectivity index is 1.96. The lowest BCUT2D eigenvalue weighted by Gasteiger charge is -2.35. The highest BCUT2D eigenvalue weighted by molar-refractivity contribution is 5.51. The summed E-state index contributed by atoms with van der Waals surface area (Å²) >= 11 is 0. The van der Waals surface area contributed by atoms with Crippen LogP contribution in [-0.4, -0.2) is 35.6 Å². The van der Waals surface area contributed by atoms with Gasteiger partial charge in [-0.1, -0.05) is 0 Å². The van der Waals surface area contributed by atoms with E-state index in [1.54, 1.807) is 0 Å². The van der Waals surface area contributed by atoms with Crippen LogP contribution < -0.4 is 15.5 Å². The van der Waals surface area contributed by atoms with E-state index in [1.165, 1.54) is 5.56 Å². The average Bonchev–Trinajstić information content (AvgIpc) is 2.77. The topological polar surface area (TPSA) is 53.1 Å². The first kappa shape index (κ1) is 9.99. The molecule has 2 N–H and O–H groups in total. The minimum Gasteiger partial charge on any atom is -0.351 e. The minimum absolute atomic E-state index is 0.488. The maximum atomic E-state index is 4.35. The summed E-state index contributed by atoms with van der Waals surface area (Å²) in [7, 11) is 0. The number of nitrogens with one attached hydrogen (secondary N) is 2. The lowest BCUT2D eigenvalue weighted by molar-refractivity contribution is 0.495. The molecule has 0 saturated carbocycles. The molecule has 1 aromatic rings. The van der Waals surface area contributed by atoms with Crippen LogP contribution in [0, 0.1) is 6.33 Å². The summed E-state index contributed by atoms with van der Waals surface area (Å²) in [5, 5.41) is 6.71. The normalized spacial score (nSPS) is 24.6. The third kappa shape index (κ3) is 1.56. The van der Waals surface area contributed by atoms with E-state index in [1.807, 2.05) is 0 Å². The van der Waals surface area contributed by atoms with Gasteiger partial charge < -0.3 is 15.5 Å². The van der Waals surface area contributed by atoms with E-state index in [-0.39, 0.29) is 0 Å². The van der Waals surface area contributed by atoms with Gasteiger partial charge in [-0.25, -0.2) is 9.97 Å². The molecule has 0 bridgehead atoms. The Labute approximate surface area is 95.3 Å². The van der Waals surface area contributed by atoms with Gasteiger partial charge in [-0.05, 0) is 6.92 Å².